The molecule has 0 unspecified atom stereocenters. The van der Waals surface area contributed by atoms with Gasteiger partial charge >= 0.3 is 0 Å². The molecule has 4 nitrogen and oxygen atoms in total. The zero-order chi connectivity index (χ0) is 13.8. The first kappa shape index (κ1) is 14.0. The van der Waals surface area contributed by atoms with Crippen LogP contribution in [0.25, 0.3) is 11.4 Å². The maximum atomic E-state index is 11.7. The molecular formula is C14H16BrN3O. The first-order valence-corrected chi connectivity index (χ1v) is 6.93. The SMILES string of the molecule is CC(C)NCc1cc(=O)[nH]c(-c2ccc(Br)cc2)n1. The maximum Gasteiger partial charge on any atom is 0.251 e. The molecule has 0 fully saturated rings. The molecule has 0 atom stereocenters. The van der Waals surface area contributed by atoms with E-state index in [9.17, 15) is 4.79 Å². The van der Waals surface area contributed by atoms with E-state index in [1.807, 2.05) is 24.3 Å². The van der Waals surface area contributed by atoms with Gasteiger partial charge in [0.05, 0.1) is 5.69 Å². The number of hydrogen-bond donors (Lipinski definition) is 2. The second-order valence-electron chi connectivity index (χ2n) is 4.63. The molecule has 1 aromatic heterocycles. The standard InChI is InChI=1S/C14H16BrN3O/c1-9(2)16-8-12-7-13(19)18-14(17-12)10-3-5-11(15)6-4-10/h3-7,9,16H,8H2,1-2H3,(H,17,18,19). The molecule has 0 radical (unpaired) electrons. The molecule has 0 saturated heterocycles. The predicted molar refractivity (Wildman–Crippen MR) is 80.0 cm³/mol. The monoisotopic (exact) mass is 321 g/mol. The number of aromatic amines is 1. The number of H-pyrrole nitrogens is 1. The minimum atomic E-state index is -0.131. The predicted octanol–water partition coefficient (Wildman–Crippen LogP) is 2.70. The van der Waals surface area contributed by atoms with Crippen molar-refractivity contribution in [2.75, 3.05) is 0 Å². The van der Waals surface area contributed by atoms with Crippen molar-refractivity contribution in [2.24, 2.45) is 0 Å². The summed E-state index contributed by atoms with van der Waals surface area (Å²) in [6, 6.07) is 9.57. The molecule has 0 aliphatic rings. The van der Waals surface area contributed by atoms with Crippen molar-refractivity contribution < 1.29 is 0 Å². The molecule has 19 heavy (non-hydrogen) atoms. The zero-order valence-corrected chi connectivity index (χ0v) is 12.5. The van der Waals surface area contributed by atoms with Crippen LogP contribution in [0.5, 0.6) is 0 Å². The Labute approximate surface area is 120 Å². The van der Waals surface area contributed by atoms with Crippen LogP contribution in [0.3, 0.4) is 0 Å². The first-order valence-electron chi connectivity index (χ1n) is 6.14. The number of aromatic nitrogens is 2. The van der Waals surface area contributed by atoms with E-state index < -0.39 is 0 Å². The maximum absolute atomic E-state index is 11.7. The molecule has 0 aliphatic heterocycles. The zero-order valence-electron chi connectivity index (χ0n) is 10.9. The van der Waals surface area contributed by atoms with E-state index in [1.165, 1.54) is 6.07 Å². The smallest absolute Gasteiger partial charge is 0.251 e. The van der Waals surface area contributed by atoms with E-state index >= 15 is 0 Å². The highest BCUT2D eigenvalue weighted by Crippen LogP contribution is 2.17. The number of benzene rings is 1. The Morgan fingerprint density at radius 2 is 2.00 bits per heavy atom. The fourth-order valence-corrected chi connectivity index (χ4v) is 1.92. The van der Waals surface area contributed by atoms with E-state index in [4.69, 9.17) is 0 Å². The summed E-state index contributed by atoms with van der Waals surface area (Å²) < 4.78 is 0.997. The summed E-state index contributed by atoms with van der Waals surface area (Å²) in [7, 11) is 0. The molecule has 0 amide bonds. The second kappa shape index (κ2) is 6.12. The van der Waals surface area contributed by atoms with Crippen molar-refractivity contribution in [3.05, 3.63) is 50.9 Å². The van der Waals surface area contributed by atoms with E-state index in [2.05, 4.69) is 45.1 Å². The molecule has 1 heterocycles. The fourth-order valence-electron chi connectivity index (χ4n) is 1.65. The van der Waals surface area contributed by atoms with Gasteiger partial charge in [-0.15, -0.1) is 0 Å². The van der Waals surface area contributed by atoms with E-state index in [0.29, 0.717) is 18.4 Å². The Morgan fingerprint density at radius 3 is 2.63 bits per heavy atom. The molecule has 2 rings (SSSR count). The first-order chi connectivity index (χ1) is 9.04. The lowest BCUT2D eigenvalue weighted by Crippen LogP contribution is -2.24. The summed E-state index contributed by atoms with van der Waals surface area (Å²) in [4.78, 5) is 18.9. The molecule has 5 heteroatoms. The molecule has 100 valence electrons. The van der Waals surface area contributed by atoms with Gasteiger partial charge < -0.3 is 10.3 Å². The normalized spacial score (nSPS) is 10.9. The Kier molecular flexibility index (Phi) is 4.50. The Balaban J connectivity index is 2.30. The van der Waals surface area contributed by atoms with Gasteiger partial charge in [0.1, 0.15) is 5.82 Å². The van der Waals surface area contributed by atoms with Crippen LogP contribution in [0.15, 0.2) is 39.6 Å². The van der Waals surface area contributed by atoms with Crippen LogP contribution < -0.4 is 10.9 Å². The highest BCUT2D eigenvalue weighted by Gasteiger charge is 2.04. The van der Waals surface area contributed by atoms with Crippen molar-refractivity contribution in [3.63, 3.8) is 0 Å². The molecule has 0 bridgehead atoms. The summed E-state index contributed by atoms with van der Waals surface area (Å²) >= 11 is 3.39. The van der Waals surface area contributed by atoms with Crippen molar-refractivity contribution in [2.45, 2.75) is 26.4 Å². The average molecular weight is 322 g/mol. The molecule has 2 N–H and O–H groups in total. The summed E-state index contributed by atoms with van der Waals surface area (Å²) in [6.07, 6.45) is 0. The number of halogens is 1. The summed E-state index contributed by atoms with van der Waals surface area (Å²) in [6.45, 7) is 4.71. The third kappa shape index (κ3) is 4.01. The van der Waals surface area contributed by atoms with Gasteiger partial charge in [-0.05, 0) is 12.1 Å². The van der Waals surface area contributed by atoms with Crippen LogP contribution in [-0.4, -0.2) is 16.0 Å². The van der Waals surface area contributed by atoms with Crippen molar-refractivity contribution in [1.29, 1.82) is 0 Å². The van der Waals surface area contributed by atoms with Crippen molar-refractivity contribution >= 4 is 15.9 Å². The van der Waals surface area contributed by atoms with Gasteiger partial charge in [-0.25, -0.2) is 4.98 Å². The number of rotatable bonds is 4. The van der Waals surface area contributed by atoms with Gasteiger partial charge in [-0.1, -0.05) is 41.9 Å². The molecule has 2 aromatic rings. The molecule has 1 aromatic carbocycles. The largest absolute Gasteiger partial charge is 0.309 e. The van der Waals surface area contributed by atoms with Crippen LogP contribution in [0.4, 0.5) is 0 Å². The minimum Gasteiger partial charge on any atom is -0.309 e. The van der Waals surface area contributed by atoms with Crippen LogP contribution in [0.1, 0.15) is 19.5 Å². The third-order valence-corrected chi connectivity index (χ3v) is 3.13. The number of hydrogen-bond acceptors (Lipinski definition) is 3. The summed E-state index contributed by atoms with van der Waals surface area (Å²) in [5.41, 5.74) is 1.51. The molecule has 0 aliphatic carbocycles. The van der Waals surface area contributed by atoms with Crippen molar-refractivity contribution in [1.82, 2.24) is 15.3 Å². The number of nitrogens with one attached hydrogen (secondary N) is 2. The van der Waals surface area contributed by atoms with Gasteiger partial charge in [0.15, 0.2) is 0 Å². The van der Waals surface area contributed by atoms with E-state index in [-0.39, 0.29) is 5.56 Å². The lowest BCUT2D eigenvalue weighted by Gasteiger charge is -2.08. The topological polar surface area (TPSA) is 57.8 Å². The molecular weight excluding hydrogens is 306 g/mol. The Hall–Kier alpha value is -1.46. The minimum absolute atomic E-state index is 0.131. The summed E-state index contributed by atoms with van der Waals surface area (Å²) in [5, 5.41) is 3.25. The third-order valence-electron chi connectivity index (χ3n) is 2.60. The van der Waals surface area contributed by atoms with Gasteiger partial charge in [-0.3, -0.25) is 4.79 Å². The number of nitrogens with zero attached hydrogens (tertiary/aromatic N) is 1. The fraction of sp³-hybridized carbons (Fsp3) is 0.286. The lowest BCUT2D eigenvalue weighted by atomic mass is 10.2. The van der Waals surface area contributed by atoms with Crippen LogP contribution in [0, 0.1) is 0 Å². The Bertz CT molecular complexity index is 605. The second-order valence-corrected chi connectivity index (χ2v) is 5.54. The van der Waals surface area contributed by atoms with Crippen LogP contribution in [-0.2, 0) is 6.54 Å². The van der Waals surface area contributed by atoms with Gasteiger partial charge in [0.25, 0.3) is 5.56 Å². The van der Waals surface area contributed by atoms with Gasteiger partial charge in [0.2, 0.25) is 0 Å². The molecule has 0 spiro atoms. The van der Waals surface area contributed by atoms with E-state index in [0.717, 1.165) is 15.7 Å². The van der Waals surface area contributed by atoms with Gasteiger partial charge in [0, 0.05) is 28.7 Å². The Morgan fingerprint density at radius 1 is 1.32 bits per heavy atom. The molecule has 0 saturated carbocycles. The van der Waals surface area contributed by atoms with Gasteiger partial charge in [-0.2, -0.15) is 0 Å². The van der Waals surface area contributed by atoms with Crippen LogP contribution >= 0.6 is 15.9 Å². The highest BCUT2D eigenvalue weighted by atomic mass is 79.9. The summed E-state index contributed by atoms with van der Waals surface area (Å²) in [5.74, 6) is 0.598. The average Bonchev–Trinajstić information content (AvgIpc) is 2.36. The highest BCUT2D eigenvalue weighted by molar-refractivity contribution is 9.10. The lowest BCUT2D eigenvalue weighted by molar-refractivity contribution is 0.580. The van der Waals surface area contributed by atoms with Crippen LogP contribution in [0.2, 0.25) is 0 Å². The quantitative estimate of drug-likeness (QED) is 0.910. The van der Waals surface area contributed by atoms with Crippen molar-refractivity contribution in [3.8, 4) is 11.4 Å². The van der Waals surface area contributed by atoms with E-state index in [1.54, 1.807) is 0 Å².